The second-order valence-corrected chi connectivity index (χ2v) is 14.4. The minimum atomic E-state index is -0.346. The van der Waals surface area contributed by atoms with Crippen molar-refractivity contribution in [1.82, 2.24) is 19.6 Å². The van der Waals surface area contributed by atoms with Gasteiger partial charge >= 0.3 is 0 Å². The van der Waals surface area contributed by atoms with Crippen molar-refractivity contribution in [3.63, 3.8) is 0 Å². The minimum Gasteiger partial charge on any atom is -0.389 e. The van der Waals surface area contributed by atoms with E-state index in [9.17, 15) is 9.59 Å². The number of aryl methyl sites for hydroxylation is 4. The maximum absolute atomic E-state index is 12.5. The first-order valence-electron chi connectivity index (χ1n) is 15.4. The van der Waals surface area contributed by atoms with Gasteiger partial charge in [0.1, 0.15) is 0 Å². The monoisotopic (exact) mass is 788 g/mol. The number of amides is 2. The summed E-state index contributed by atoms with van der Waals surface area (Å²) in [5, 5.41) is 9.17. The molecule has 2 fully saturated rings. The number of aliphatic hydroxyl groups is 1. The van der Waals surface area contributed by atoms with Gasteiger partial charge in [-0.2, -0.15) is 0 Å². The Morgan fingerprint density at radius 1 is 0.783 bits per heavy atom. The average molecular weight is 791 g/mol. The molecule has 0 radical (unpaired) electrons. The number of alkyl halides is 1. The Labute approximate surface area is 299 Å². The number of β-amino-alcohol motifs (C(OH)–C–C–N with tert-alkyl or cyclic N) is 1. The zero-order valence-corrected chi connectivity index (χ0v) is 32.1. The van der Waals surface area contributed by atoms with E-state index >= 15 is 0 Å². The molecule has 46 heavy (non-hydrogen) atoms. The number of carbonyl (C=O) groups excluding carboxylic acids is 2. The van der Waals surface area contributed by atoms with E-state index in [1.807, 2.05) is 71.0 Å². The lowest BCUT2D eigenvalue weighted by Gasteiger charge is -2.39. The van der Waals surface area contributed by atoms with Gasteiger partial charge in [-0.25, -0.2) is 0 Å². The number of benzene rings is 2. The van der Waals surface area contributed by atoms with Crippen molar-refractivity contribution in [2.45, 2.75) is 60.2 Å². The third-order valence-electron chi connectivity index (χ3n) is 7.49. The lowest BCUT2D eigenvalue weighted by molar-refractivity contribution is -0.0439. The fourth-order valence-corrected chi connectivity index (χ4v) is 5.42. The summed E-state index contributed by atoms with van der Waals surface area (Å²) < 4.78 is 7.91. The molecule has 2 aromatic rings. The van der Waals surface area contributed by atoms with E-state index in [0.29, 0.717) is 31.7 Å². The fourth-order valence-electron chi connectivity index (χ4n) is 4.84. The van der Waals surface area contributed by atoms with Crippen LogP contribution < -0.4 is 0 Å². The van der Waals surface area contributed by atoms with E-state index in [1.165, 1.54) is 0 Å². The van der Waals surface area contributed by atoms with Gasteiger partial charge in [-0.1, -0.05) is 39.3 Å². The fraction of sp³-hybridized carbons (Fsp3) is 0.600. The molecule has 2 heterocycles. The zero-order valence-electron chi connectivity index (χ0n) is 28.1. The molecule has 4 rings (SSSR count). The molecule has 0 saturated carbocycles. The van der Waals surface area contributed by atoms with Crippen LogP contribution in [0.2, 0.25) is 0 Å². The van der Waals surface area contributed by atoms with E-state index in [1.54, 1.807) is 4.90 Å². The van der Waals surface area contributed by atoms with Crippen molar-refractivity contribution < 1.29 is 19.4 Å². The van der Waals surface area contributed by atoms with Crippen molar-refractivity contribution in [3.8, 4) is 0 Å². The molecule has 0 aromatic heterocycles. The Morgan fingerprint density at radius 3 is 1.48 bits per heavy atom. The van der Waals surface area contributed by atoms with Gasteiger partial charge in [-0.05, 0) is 128 Å². The third-order valence-corrected chi connectivity index (χ3v) is 10.3. The molecule has 0 atom stereocenters. The molecule has 2 amide bonds. The van der Waals surface area contributed by atoms with Gasteiger partial charge in [0.2, 0.25) is 0 Å². The summed E-state index contributed by atoms with van der Waals surface area (Å²) >= 11 is 12.4. The molecule has 11 heteroatoms. The number of halogens is 3. The first-order valence-corrected chi connectivity index (χ1v) is 17.5. The van der Waals surface area contributed by atoms with Crippen LogP contribution in [-0.4, -0.2) is 129 Å². The SMILES string of the molecule is C.CN(C)CCCCl.Cc1cc(C(=O)N2CC(O)C2)cc(C)c1Br.Cc1cc(C(=O)N2CC(OCCCN(C)C)C2)cc(C)c1Br. The highest BCUT2D eigenvalue weighted by atomic mass is 79.9. The largest absolute Gasteiger partial charge is 0.389 e. The lowest BCUT2D eigenvalue weighted by Crippen LogP contribution is -2.54. The summed E-state index contributed by atoms with van der Waals surface area (Å²) in [5.41, 5.74) is 5.78. The standard InChI is InChI=1S/C17H25BrN2O2.C12H14BrNO2.C5H12ClN.CH4/c1-12-8-14(9-13(2)16(12)18)17(21)20-10-15(11-20)22-7-5-6-19(3)4;1-7-3-9(4-8(2)11(7)13)12(16)14-5-10(15)6-14;1-7(2)5-3-4-6;/h8-9,15H,5-7,10-11H2,1-4H3;3-4,10,15H,5-6H2,1-2H3;3-5H2,1-2H3;1H4. The second-order valence-electron chi connectivity index (χ2n) is 12.4. The second kappa shape index (κ2) is 20.8. The van der Waals surface area contributed by atoms with Crippen molar-refractivity contribution in [2.75, 3.05) is 79.9 Å². The summed E-state index contributed by atoms with van der Waals surface area (Å²) in [5.74, 6) is 0.883. The van der Waals surface area contributed by atoms with Crippen LogP contribution in [-0.2, 0) is 4.74 Å². The smallest absolute Gasteiger partial charge is 0.254 e. The molecule has 2 saturated heterocycles. The van der Waals surface area contributed by atoms with E-state index < -0.39 is 0 Å². The maximum atomic E-state index is 12.5. The Kier molecular flexibility index (Phi) is 19.2. The Morgan fingerprint density at radius 2 is 1.15 bits per heavy atom. The van der Waals surface area contributed by atoms with Crippen LogP contribution in [0.5, 0.6) is 0 Å². The number of hydrogen-bond acceptors (Lipinski definition) is 6. The third kappa shape index (κ3) is 13.5. The molecule has 0 bridgehead atoms. The Hall–Kier alpha value is -1.53. The van der Waals surface area contributed by atoms with Crippen LogP contribution in [0, 0.1) is 27.7 Å². The van der Waals surface area contributed by atoms with Gasteiger partial charge in [0.05, 0.1) is 12.2 Å². The molecular weight excluding hydrogens is 736 g/mol. The van der Waals surface area contributed by atoms with Crippen molar-refractivity contribution >= 4 is 55.3 Å². The van der Waals surface area contributed by atoms with Crippen LogP contribution in [0.25, 0.3) is 0 Å². The van der Waals surface area contributed by atoms with Gasteiger partial charge in [0, 0.05) is 58.7 Å². The van der Waals surface area contributed by atoms with E-state index in [2.05, 4.69) is 55.8 Å². The zero-order chi connectivity index (χ0) is 33.8. The average Bonchev–Trinajstić information content (AvgIpc) is 2.94. The molecule has 1 N–H and O–H groups in total. The predicted octanol–water partition coefficient (Wildman–Crippen LogP) is 6.55. The predicted molar refractivity (Wildman–Crippen MR) is 199 cm³/mol. The van der Waals surface area contributed by atoms with Gasteiger partial charge in [0.15, 0.2) is 0 Å². The number of hydrogen-bond donors (Lipinski definition) is 1. The number of ether oxygens (including phenoxy) is 1. The van der Waals surface area contributed by atoms with Crippen LogP contribution >= 0.6 is 43.5 Å². The van der Waals surface area contributed by atoms with E-state index in [4.69, 9.17) is 21.4 Å². The van der Waals surface area contributed by atoms with Gasteiger partial charge in [0.25, 0.3) is 11.8 Å². The number of aliphatic hydroxyl groups excluding tert-OH is 1. The van der Waals surface area contributed by atoms with Crippen LogP contribution in [0.3, 0.4) is 0 Å². The highest BCUT2D eigenvalue weighted by Gasteiger charge is 2.32. The highest BCUT2D eigenvalue weighted by Crippen LogP contribution is 2.25. The Bertz CT molecular complexity index is 1220. The quantitative estimate of drug-likeness (QED) is 0.218. The van der Waals surface area contributed by atoms with Crippen LogP contribution in [0.15, 0.2) is 33.2 Å². The summed E-state index contributed by atoms with van der Waals surface area (Å²) in [4.78, 5) is 32.2. The topological polar surface area (TPSA) is 76.6 Å². The number of carbonyl (C=O) groups is 2. The highest BCUT2D eigenvalue weighted by molar-refractivity contribution is 9.10. The van der Waals surface area contributed by atoms with E-state index in [-0.39, 0.29) is 31.4 Å². The van der Waals surface area contributed by atoms with Crippen molar-refractivity contribution in [1.29, 1.82) is 0 Å². The summed E-state index contributed by atoms with van der Waals surface area (Å²) in [6, 6.07) is 7.66. The molecule has 260 valence electrons. The molecule has 2 aliphatic rings. The summed E-state index contributed by atoms with van der Waals surface area (Å²) in [7, 11) is 8.22. The van der Waals surface area contributed by atoms with Crippen molar-refractivity contribution in [2.24, 2.45) is 0 Å². The molecule has 8 nitrogen and oxygen atoms in total. The number of nitrogens with zero attached hydrogens (tertiary/aromatic N) is 4. The van der Waals surface area contributed by atoms with Crippen LogP contribution in [0.4, 0.5) is 0 Å². The van der Waals surface area contributed by atoms with Crippen LogP contribution in [0.1, 0.15) is 63.2 Å². The van der Waals surface area contributed by atoms with Gasteiger partial charge < -0.3 is 29.4 Å². The van der Waals surface area contributed by atoms with E-state index in [0.717, 1.165) is 75.2 Å². The molecule has 2 aliphatic heterocycles. The summed E-state index contributed by atoms with van der Waals surface area (Å²) in [6.07, 6.45) is 1.97. The molecule has 0 unspecified atom stereocenters. The van der Waals surface area contributed by atoms with Crippen molar-refractivity contribution in [3.05, 3.63) is 66.6 Å². The number of rotatable bonds is 10. The van der Waals surface area contributed by atoms with Gasteiger partial charge in [-0.15, -0.1) is 11.6 Å². The normalized spacial score (nSPS) is 14.5. The number of likely N-dealkylation sites (tertiary alicyclic amines) is 2. The Balaban J connectivity index is 0.000000386. The molecule has 0 spiro atoms. The first-order chi connectivity index (χ1) is 21.1. The first kappa shape index (κ1) is 42.5. The lowest BCUT2D eigenvalue weighted by atomic mass is 10.0. The molecular formula is C35H55Br2ClN4O4. The summed E-state index contributed by atoms with van der Waals surface area (Å²) in [6.45, 7) is 13.2. The maximum Gasteiger partial charge on any atom is 0.254 e. The van der Waals surface area contributed by atoms with Gasteiger partial charge in [-0.3, -0.25) is 9.59 Å². The molecule has 2 aromatic carbocycles. The minimum absolute atomic E-state index is 0. The molecule has 0 aliphatic carbocycles.